The smallest absolute Gasteiger partial charge is 0.140 e. The number of hydrogen-bond acceptors (Lipinski definition) is 2. The van der Waals surface area contributed by atoms with Crippen LogP contribution in [0.3, 0.4) is 0 Å². The summed E-state index contributed by atoms with van der Waals surface area (Å²) < 4.78 is 0. The molecule has 17 heavy (non-hydrogen) atoms. The predicted octanol–water partition coefficient (Wildman–Crippen LogP) is 4.11. The summed E-state index contributed by atoms with van der Waals surface area (Å²) in [5.41, 5.74) is 2.30. The van der Waals surface area contributed by atoms with Crippen molar-refractivity contribution in [1.29, 1.82) is 0 Å². The van der Waals surface area contributed by atoms with Gasteiger partial charge in [0.25, 0.3) is 0 Å². The van der Waals surface area contributed by atoms with Crippen molar-refractivity contribution in [2.24, 2.45) is 0 Å². The second-order valence-corrected chi connectivity index (χ2v) is 5.03. The fourth-order valence-electron chi connectivity index (χ4n) is 2.32. The second kappa shape index (κ2) is 4.26. The van der Waals surface area contributed by atoms with Crippen molar-refractivity contribution in [1.82, 2.24) is 9.97 Å². The van der Waals surface area contributed by atoms with Crippen LogP contribution >= 0.6 is 11.6 Å². The summed E-state index contributed by atoms with van der Waals surface area (Å²) in [6, 6.07) is 6.15. The van der Waals surface area contributed by atoms with Crippen molar-refractivity contribution in [2.45, 2.75) is 38.5 Å². The summed E-state index contributed by atoms with van der Waals surface area (Å²) in [5.74, 6) is 1.47. The summed E-state index contributed by atoms with van der Waals surface area (Å²) in [4.78, 5) is 9.19. The molecule has 2 aromatic rings. The van der Waals surface area contributed by atoms with E-state index in [1.54, 1.807) is 0 Å². The van der Waals surface area contributed by atoms with E-state index in [0.29, 0.717) is 11.1 Å². The Morgan fingerprint density at radius 3 is 2.76 bits per heavy atom. The lowest BCUT2D eigenvalue weighted by atomic mass is 9.85. The standard InChI is InChI=1S/C14H15ClN2/c1-2-9-5-4-8-11-12(9)16-14(17-13(11)15)10-6-3-7-10/h4-5,8,10H,2-3,6-7H2,1H3. The highest BCUT2D eigenvalue weighted by molar-refractivity contribution is 6.34. The van der Waals surface area contributed by atoms with E-state index in [9.17, 15) is 0 Å². The molecule has 2 nitrogen and oxygen atoms in total. The normalized spacial score (nSPS) is 16.1. The van der Waals surface area contributed by atoms with Crippen molar-refractivity contribution in [3.05, 3.63) is 34.7 Å². The van der Waals surface area contributed by atoms with E-state index in [0.717, 1.165) is 23.1 Å². The quantitative estimate of drug-likeness (QED) is 0.745. The van der Waals surface area contributed by atoms with Crippen LogP contribution in [0.4, 0.5) is 0 Å². The van der Waals surface area contributed by atoms with Crippen molar-refractivity contribution in [2.75, 3.05) is 0 Å². The van der Waals surface area contributed by atoms with Crippen LogP contribution in [0.15, 0.2) is 18.2 Å². The molecule has 1 saturated carbocycles. The minimum atomic E-state index is 0.529. The first-order chi connectivity index (χ1) is 8.29. The van der Waals surface area contributed by atoms with Crippen LogP contribution in [0.2, 0.25) is 5.15 Å². The Bertz CT molecular complexity index is 561. The van der Waals surface area contributed by atoms with Crippen LogP contribution in [-0.2, 0) is 6.42 Å². The Hall–Kier alpha value is -1.15. The lowest BCUT2D eigenvalue weighted by molar-refractivity contribution is 0.402. The summed E-state index contributed by atoms with van der Waals surface area (Å²) in [6.45, 7) is 2.15. The van der Waals surface area contributed by atoms with Gasteiger partial charge in [-0.1, -0.05) is 37.1 Å². The van der Waals surface area contributed by atoms with Gasteiger partial charge in [-0.3, -0.25) is 0 Å². The molecule has 0 atom stereocenters. The van der Waals surface area contributed by atoms with E-state index in [2.05, 4.69) is 18.0 Å². The Kier molecular flexibility index (Phi) is 2.75. The fraction of sp³-hybridized carbons (Fsp3) is 0.429. The van der Waals surface area contributed by atoms with Gasteiger partial charge in [0.15, 0.2) is 0 Å². The summed E-state index contributed by atoms with van der Waals surface area (Å²) in [5, 5.41) is 1.58. The van der Waals surface area contributed by atoms with Gasteiger partial charge in [-0.05, 0) is 30.9 Å². The molecule has 1 aliphatic carbocycles. The van der Waals surface area contributed by atoms with Crippen LogP contribution in [0, 0.1) is 0 Å². The third-order valence-corrected chi connectivity index (χ3v) is 3.92. The highest BCUT2D eigenvalue weighted by Crippen LogP contribution is 2.36. The van der Waals surface area contributed by atoms with Crippen LogP contribution in [0.25, 0.3) is 10.9 Å². The first-order valence-corrected chi connectivity index (χ1v) is 6.62. The zero-order chi connectivity index (χ0) is 11.8. The molecule has 0 saturated heterocycles. The lowest BCUT2D eigenvalue weighted by Crippen LogP contribution is -2.13. The molecule has 0 N–H and O–H groups in total. The molecule has 0 aliphatic heterocycles. The highest BCUT2D eigenvalue weighted by Gasteiger charge is 2.23. The molecule has 0 spiro atoms. The molecule has 1 aromatic heterocycles. The average Bonchev–Trinajstić information content (AvgIpc) is 2.26. The van der Waals surface area contributed by atoms with Gasteiger partial charge in [-0.2, -0.15) is 0 Å². The Labute approximate surface area is 106 Å². The molecule has 0 amide bonds. The van der Waals surface area contributed by atoms with E-state index >= 15 is 0 Å². The summed E-state index contributed by atoms with van der Waals surface area (Å²) in [6.07, 6.45) is 4.68. The van der Waals surface area contributed by atoms with Gasteiger partial charge in [0.1, 0.15) is 11.0 Å². The maximum absolute atomic E-state index is 6.27. The molecule has 0 unspecified atom stereocenters. The van der Waals surface area contributed by atoms with E-state index in [1.807, 2.05) is 12.1 Å². The fourth-order valence-corrected chi connectivity index (χ4v) is 2.56. The number of rotatable bonds is 2. The first kappa shape index (κ1) is 11.0. The zero-order valence-electron chi connectivity index (χ0n) is 9.91. The molecule has 3 rings (SSSR count). The summed E-state index contributed by atoms with van der Waals surface area (Å²) in [7, 11) is 0. The van der Waals surface area contributed by atoms with Gasteiger partial charge >= 0.3 is 0 Å². The first-order valence-electron chi connectivity index (χ1n) is 6.24. The monoisotopic (exact) mass is 246 g/mol. The largest absolute Gasteiger partial charge is 0.232 e. The Morgan fingerprint density at radius 1 is 1.29 bits per heavy atom. The van der Waals surface area contributed by atoms with Gasteiger partial charge in [0.05, 0.1) is 5.52 Å². The molecule has 1 fully saturated rings. The van der Waals surface area contributed by atoms with Crippen molar-refractivity contribution < 1.29 is 0 Å². The average molecular weight is 247 g/mol. The molecule has 0 radical (unpaired) electrons. The molecule has 88 valence electrons. The number of para-hydroxylation sites is 1. The summed E-state index contributed by atoms with van der Waals surface area (Å²) >= 11 is 6.27. The lowest BCUT2D eigenvalue weighted by Gasteiger charge is -2.24. The molecule has 1 aromatic carbocycles. The van der Waals surface area contributed by atoms with Crippen molar-refractivity contribution >= 4 is 22.5 Å². The van der Waals surface area contributed by atoms with Gasteiger partial charge in [0, 0.05) is 11.3 Å². The minimum Gasteiger partial charge on any atom is -0.232 e. The zero-order valence-corrected chi connectivity index (χ0v) is 10.7. The van der Waals surface area contributed by atoms with Crippen LogP contribution in [0.1, 0.15) is 43.5 Å². The van der Waals surface area contributed by atoms with E-state index in [-0.39, 0.29) is 0 Å². The van der Waals surface area contributed by atoms with Gasteiger partial charge in [-0.15, -0.1) is 0 Å². The number of halogens is 1. The number of benzene rings is 1. The highest BCUT2D eigenvalue weighted by atomic mass is 35.5. The Morgan fingerprint density at radius 2 is 2.12 bits per heavy atom. The molecule has 0 bridgehead atoms. The second-order valence-electron chi connectivity index (χ2n) is 4.67. The van der Waals surface area contributed by atoms with Crippen LogP contribution in [-0.4, -0.2) is 9.97 Å². The molecular weight excluding hydrogens is 232 g/mol. The molecule has 1 heterocycles. The van der Waals surface area contributed by atoms with Gasteiger partial charge in [-0.25, -0.2) is 9.97 Å². The third kappa shape index (κ3) is 1.81. The minimum absolute atomic E-state index is 0.529. The van der Waals surface area contributed by atoms with Crippen molar-refractivity contribution in [3.63, 3.8) is 0 Å². The topological polar surface area (TPSA) is 25.8 Å². The van der Waals surface area contributed by atoms with Crippen LogP contribution < -0.4 is 0 Å². The number of fused-ring (bicyclic) bond motifs is 1. The maximum Gasteiger partial charge on any atom is 0.140 e. The predicted molar refractivity (Wildman–Crippen MR) is 70.5 cm³/mol. The van der Waals surface area contributed by atoms with Gasteiger partial charge < -0.3 is 0 Å². The number of nitrogens with zero attached hydrogens (tertiary/aromatic N) is 2. The van der Waals surface area contributed by atoms with Crippen LogP contribution in [0.5, 0.6) is 0 Å². The van der Waals surface area contributed by atoms with Crippen molar-refractivity contribution in [3.8, 4) is 0 Å². The molecular formula is C14H15ClN2. The van der Waals surface area contributed by atoms with E-state index in [1.165, 1.54) is 24.8 Å². The number of hydrogen-bond donors (Lipinski definition) is 0. The van der Waals surface area contributed by atoms with E-state index < -0.39 is 0 Å². The maximum atomic E-state index is 6.27. The van der Waals surface area contributed by atoms with Gasteiger partial charge in [0.2, 0.25) is 0 Å². The Balaban J connectivity index is 2.21. The molecule has 3 heteroatoms. The number of aromatic nitrogens is 2. The molecule has 1 aliphatic rings. The number of aryl methyl sites for hydroxylation is 1. The van der Waals surface area contributed by atoms with E-state index in [4.69, 9.17) is 16.6 Å². The third-order valence-electron chi connectivity index (χ3n) is 3.63. The SMILES string of the molecule is CCc1cccc2c(Cl)nc(C3CCC3)nc12.